The molecule has 2 nitrogen and oxygen atoms in total. The van der Waals surface area contributed by atoms with Crippen LogP contribution in [0.15, 0.2) is 192 Å². The average Bonchev–Trinajstić information content (AvgIpc) is 3.84. The van der Waals surface area contributed by atoms with Crippen molar-refractivity contribution < 1.29 is 4.42 Å². The second-order valence-corrected chi connectivity index (χ2v) is 15.4. The van der Waals surface area contributed by atoms with E-state index in [2.05, 4.69) is 199 Å². The minimum atomic E-state index is 0.0526. The third-order valence-electron chi connectivity index (χ3n) is 11.2. The molecule has 1 unspecified atom stereocenters. The van der Waals surface area contributed by atoms with Gasteiger partial charge >= 0.3 is 0 Å². The zero-order valence-corrected chi connectivity index (χ0v) is 30.8. The summed E-state index contributed by atoms with van der Waals surface area (Å²) in [5.41, 5.74) is 12.7. The van der Waals surface area contributed by atoms with Crippen molar-refractivity contribution in [3.63, 3.8) is 0 Å². The maximum atomic E-state index is 6.46. The van der Waals surface area contributed by atoms with Crippen molar-refractivity contribution in [2.75, 3.05) is 4.90 Å². The van der Waals surface area contributed by atoms with Crippen LogP contribution in [0.25, 0.3) is 82.3 Å². The van der Waals surface area contributed by atoms with E-state index in [1.165, 1.54) is 76.1 Å². The van der Waals surface area contributed by atoms with E-state index in [1.54, 1.807) is 0 Å². The SMILES string of the molecule is C1=Cc2c(sc3ccccc23)C(N(c2ccccc2-c2cccc3ccc4oc5ccccc5c4c23)c2cccc(-c3ccccc3)c2-c2ccccc2)C1. The molecule has 0 N–H and O–H groups in total. The van der Waals surface area contributed by atoms with Crippen LogP contribution in [-0.2, 0) is 0 Å². The number of rotatable bonds is 6. The molecule has 11 rings (SSSR count). The molecule has 260 valence electrons. The molecule has 0 aliphatic heterocycles. The first kappa shape index (κ1) is 31.8. The lowest BCUT2D eigenvalue weighted by Crippen LogP contribution is -2.26. The quantitative estimate of drug-likeness (QED) is 0.170. The molecule has 0 fully saturated rings. The monoisotopic (exact) mass is 721 g/mol. The minimum absolute atomic E-state index is 0.0526. The van der Waals surface area contributed by atoms with Gasteiger partial charge in [-0.05, 0) is 70.0 Å². The van der Waals surface area contributed by atoms with Gasteiger partial charge in [0.05, 0.1) is 11.7 Å². The fraction of sp³-hybridized carbons (Fsp3) is 0.0385. The second-order valence-electron chi connectivity index (χ2n) is 14.3. The second kappa shape index (κ2) is 13.0. The Bertz CT molecular complexity index is 3080. The number of fused-ring (bicyclic) bond motifs is 8. The van der Waals surface area contributed by atoms with E-state index in [9.17, 15) is 0 Å². The Balaban J connectivity index is 1.24. The highest BCUT2D eigenvalue weighted by Crippen LogP contribution is 2.53. The Morgan fingerprint density at radius 3 is 2.04 bits per heavy atom. The molecule has 0 saturated carbocycles. The molecule has 2 aromatic heterocycles. The summed E-state index contributed by atoms with van der Waals surface area (Å²) < 4.78 is 7.79. The molecule has 10 aromatic rings. The van der Waals surface area contributed by atoms with E-state index >= 15 is 0 Å². The predicted octanol–water partition coefficient (Wildman–Crippen LogP) is 15.3. The van der Waals surface area contributed by atoms with Crippen LogP contribution < -0.4 is 4.90 Å². The van der Waals surface area contributed by atoms with Crippen LogP contribution in [0.5, 0.6) is 0 Å². The molecule has 1 aliphatic rings. The Labute approximate surface area is 323 Å². The molecule has 3 heteroatoms. The number of thiophene rings is 1. The van der Waals surface area contributed by atoms with Crippen LogP contribution in [0.2, 0.25) is 0 Å². The van der Waals surface area contributed by atoms with Crippen LogP contribution in [0.4, 0.5) is 11.4 Å². The minimum Gasteiger partial charge on any atom is -0.456 e. The van der Waals surface area contributed by atoms with Crippen LogP contribution in [-0.4, -0.2) is 0 Å². The fourth-order valence-corrected chi connectivity index (χ4v) is 10.1. The molecule has 0 bridgehead atoms. The van der Waals surface area contributed by atoms with Crippen molar-refractivity contribution >= 4 is 71.6 Å². The standard InChI is InChI=1S/C52H35NOS/c1-3-16-34(17-4-1)37-24-14-28-44(49(37)35-18-5-2-6-19-35)53(45-29-15-26-41-39-22-9-12-31-48(39)55-52(41)45)43-27-10-7-21-38(43)40-25-13-20-36-32-33-47-51(50(36)40)42-23-8-11-30-46(42)54-47/h1-28,30-33,45H,29H2. The van der Waals surface area contributed by atoms with Gasteiger partial charge in [-0.25, -0.2) is 0 Å². The molecule has 0 amide bonds. The number of furan rings is 1. The summed E-state index contributed by atoms with van der Waals surface area (Å²) in [5.74, 6) is 0. The van der Waals surface area contributed by atoms with Gasteiger partial charge in [0.1, 0.15) is 11.2 Å². The van der Waals surface area contributed by atoms with E-state index in [0.29, 0.717) is 0 Å². The molecular weight excluding hydrogens is 687 g/mol. The summed E-state index contributed by atoms with van der Waals surface area (Å²) in [5, 5.41) is 6.03. The van der Waals surface area contributed by atoms with E-state index in [4.69, 9.17) is 4.42 Å². The van der Waals surface area contributed by atoms with E-state index < -0.39 is 0 Å². The predicted molar refractivity (Wildman–Crippen MR) is 234 cm³/mol. The van der Waals surface area contributed by atoms with Gasteiger partial charge < -0.3 is 9.32 Å². The molecular formula is C52H35NOS. The summed E-state index contributed by atoms with van der Waals surface area (Å²) in [4.78, 5) is 4.05. The van der Waals surface area contributed by atoms with E-state index in [-0.39, 0.29) is 6.04 Å². The Kier molecular flexibility index (Phi) is 7.53. The Hall–Kier alpha value is -6.68. The lowest BCUT2D eigenvalue weighted by molar-refractivity contribution is 0.669. The highest BCUT2D eigenvalue weighted by molar-refractivity contribution is 7.19. The van der Waals surface area contributed by atoms with Crippen molar-refractivity contribution in [2.45, 2.75) is 12.5 Å². The van der Waals surface area contributed by atoms with Gasteiger partial charge in [-0.15, -0.1) is 11.3 Å². The van der Waals surface area contributed by atoms with Gasteiger partial charge in [0.25, 0.3) is 0 Å². The first-order valence-electron chi connectivity index (χ1n) is 19.0. The van der Waals surface area contributed by atoms with Gasteiger partial charge in [0.15, 0.2) is 0 Å². The summed E-state index contributed by atoms with van der Waals surface area (Å²) >= 11 is 1.93. The van der Waals surface area contributed by atoms with Crippen molar-refractivity contribution in [3.8, 4) is 33.4 Å². The highest BCUT2D eigenvalue weighted by atomic mass is 32.1. The van der Waals surface area contributed by atoms with Gasteiger partial charge in [-0.3, -0.25) is 0 Å². The smallest absolute Gasteiger partial charge is 0.136 e. The Morgan fingerprint density at radius 2 is 1.16 bits per heavy atom. The summed E-state index contributed by atoms with van der Waals surface area (Å²) in [6.07, 6.45) is 5.60. The number of para-hydroxylation sites is 2. The summed E-state index contributed by atoms with van der Waals surface area (Å²) in [7, 11) is 0. The first-order chi connectivity index (χ1) is 27.3. The van der Waals surface area contributed by atoms with Crippen molar-refractivity contribution in [3.05, 3.63) is 199 Å². The Morgan fingerprint density at radius 1 is 0.491 bits per heavy atom. The van der Waals surface area contributed by atoms with E-state index in [1.807, 2.05) is 11.3 Å². The number of nitrogens with zero attached hydrogens (tertiary/aromatic N) is 1. The van der Waals surface area contributed by atoms with Crippen LogP contribution in [0, 0.1) is 0 Å². The number of benzene rings is 8. The summed E-state index contributed by atoms with van der Waals surface area (Å²) in [6, 6.07) is 66.1. The average molecular weight is 722 g/mol. The van der Waals surface area contributed by atoms with Gasteiger partial charge in [0, 0.05) is 47.9 Å². The lowest BCUT2D eigenvalue weighted by Gasteiger charge is -2.38. The molecule has 55 heavy (non-hydrogen) atoms. The fourth-order valence-electron chi connectivity index (χ4n) is 8.85. The van der Waals surface area contributed by atoms with Gasteiger partial charge in [0.2, 0.25) is 0 Å². The van der Waals surface area contributed by atoms with Gasteiger partial charge in [-0.1, -0.05) is 164 Å². The molecule has 0 radical (unpaired) electrons. The van der Waals surface area contributed by atoms with Crippen molar-refractivity contribution in [1.29, 1.82) is 0 Å². The molecule has 2 heterocycles. The third-order valence-corrected chi connectivity index (χ3v) is 12.5. The van der Waals surface area contributed by atoms with Crippen molar-refractivity contribution in [2.24, 2.45) is 0 Å². The zero-order chi connectivity index (χ0) is 36.3. The number of anilines is 2. The van der Waals surface area contributed by atoms with Gasteiger partial charge in [-0.2, -0.15) is 0 Å². The number of hydrogen-bond acceptors (Lipinski definition) is 3. The molecule has 8 aromatic carbocycles. The third kappa shape index (κ3) is 5.15. The zero-order valence-electron chi connectivity index (χ0n) is 30.0. The van der Waals surface area contributed by atoms with E-state index in [0.717, 1.165) is 28.4 Å². The largest absolute Gasteiger partial charge is 0.456 e. The van der Waals surface area contributed by atoms with Crippen LogP contribution >= 0.6 is 11.3 Å². The topological polar surface area (TPSA) is 16.4 Å². The maximum Gasteiger partial charge on any atom is 0.136 e. The lowest BCUT2D eigenvalue weighted by atomic mass is 9.89. The molecule has 1 aliphatic carbocycles. The van der Waals surface area contributed by atoms with Crippen LogP contribution in [0.1, 0.15) is 22.9 Å². The molecule has 1 atom stereocenters. The molecule has 0 spiro atoms. The molecule has 0 saturated heterocycles. The van der Waals surface area contributed by atoms with Crippen molar-refractivity contribution in [1.82, 2.24) is 0 Å². The number of hydrogen-bond donors (Lipinski definition) is 0. The first-order valence-corrected chi connectivity index (χ1v) is 19.8. The highest BCUT2D eigenvalue weighted by Gasteiger charge is 2.32. The normalized spacial score (nSPS) is 13.9. The van der Waals surface area contributed by atoms with Crippen LogP contribution in [0.3, 0.4) is 0 Å². The summed E-state index contributed by atoms with van der Waals surface area (Å²) in [6.45, 7) is 0. The maximum absolute atomic E-state index is 6.46.